The first-order valence-corrected chi connectivity index (χ1v) is 8.38. The summed E-state index contributed by atoms with van der Waals surface area (Å²) in [5.41, 5.74) is 3.02. The van der Waals surface area contributed by atoms with Crippen LogP contribution in [0.5, 0.6) is 5.88 Å². The second-order valence-corrected chi connectivity index (χ2v) is 6.74. The average molecular weight is 337 g/mol. The molecule has 6 heteroatoms. The minimum absolute atomic E-state index is 0.0527. The Labute approximate surface area is 145 Å². The summed E-state index contributed by atoms with van der Waals surface area (Å²) in [5, 5.41) is 2.69. The summed E-state index contributed by atoms with van der Waals surface area (Å²) in [6.45, 7) is 4.93. The molecule has 3 heterocycles. The van der Waals surface area contributed by atoms with Gasteiger partial charge in [-0.25, -0.2) is 4.98 Å². The zero-order valence-electron chi connectivity index (χ0n) is 14.2. The first-order valence-electron chi connectivity index (χ1n) is 8.38. The Bertz CT molecular complexity index is 863. The molecule has 0 saturated heterocycles. The van der Waals surface area contributed by atoms with Gasteiger partial charge in [0.1, 0.15) is 5.69 Å². The van der Waals surface area contributed by atoms with E-state index in [2.05, 4.69) is 30.2 Å². The number of amides is 2. The van der Waals surface area contributed by atoms with E-state index in [9.17, 15) is 9.59 Å². The van der Waals surface area contributed by atoms with E-state index < -0.39 is 0 Å². The maximum absolute atomic E-state index is 13.1. The molecule has 1 aromatic heterocycles. The summed E-state index contributed by atoms with van der Waals surface area (Å²) in [7, 11) is 0. The number of anilines is 2. The van der Waals surface area contributed by atoms with Gasteiger partial charge in [0, 0.05) is 24.3 Å². The number of benzene rings is 1. The molecule has 1 atom stereocenters. The van der Waals surface area contributed by atoms with Crippen molar-refractivity contribution in [1.29, 1.82) is 0 Å². The zero-order valence-corrected chi connectivity index (χ0v) is 14.2. The third-order valence-electron chi connectivity index (χ3n) is 4.77. The van der Waals surface area contributed by atoms with Crippen LogP contribution in [0.2, 0.25) is 0 Å². The molecule has 2 aliphatic heterocycles. The molecule has 0 unspecified atom stereocenters. The smallest absolute Gasteiger partial charge is 0.262 e. The maximum atomic E-state index is 13.1. The molecule has 128 valence electrons. The van der Waals surface area contributed by atoms with Crippen molar-refractivity contribution >= 4 is 23.2 Å². The van der Waals surface area contributed by atoms with E-state index in [0.717, 1.165) is 5.69 Å². The highest BCUT2D eigenvalue weighted by Gasteiger charge is 2.34. The fourth-order valence-corrected chi connectivity index (χ4v) is 3.45. The molecule has 0 saturated carbocycles. The van der Waals surface area contributed by atoms with Gasteiger partial charge in [-0.05, 0) is 23.6 Å². The Morgan fingerprint density at radius 1 is 1.36 bits per heavy atom. The largest absolute Gasteiger partial charge is 0.466 e. The Morgan fingerprint density at radius 3 is 2.96 bits per heavy atom. The molecule has 0 spiro atoms. The van der Waals surface area contributed by atoms with Crippen molar-refractivity contribution in [3.8, 4) is 5.88 Å². The minimum Gasteiger partial charge on any atom is -0.466 e. The standard InChI is InChI=1S/C19H19N3O3/c1-11(2)14-9-22(16-6-4-3-5-13(14)16)19(24)12-7-15-18(20-8-12)25-10-17(23)21-15/h3-8,11,14H,9-10H2,1-2H3,(H,21,23)/t14-/m1/s1. The summed E-state index contributed by atoms with van der Waals surface area (Å²) in [4.78, 5) is 30.5. The van der Waals surface area contributed by atoms with Crippen LogP contribution in [0.4, 0.5) is 11.4 Å². The molecule has 0 bridgehead atoms. The number of carbonyl (C=O) groups is 2. The van der Waals surface area contributed by atoms with E-state index in [1.807, 2.05) is 18.2 Å². The molecule has 2 aromatic rings. The molecule has 2 amide bonds. The molecule has 25 heavy (non-hydrogen) atoms. The number of fused-ring (bicyclic) bond motifs is 2. The van der Waals surface area contributed by atoms with E-state index in [1.165, 1.54) is 11.8 Å². The predicted octanol–water partition coefficient (Wildman–Crippen LogP) is 2.81. The van der Waals surface area contributed by atoms with Crippen LogP contribution in [0.15, 0.2) is 36.5 Å². The monoisotopic (exact) mass is 337 g/mol. The zero-order chi connectivity index (χ0) is 17.6. The van der Waals surface area contributed by atoms with E-state index in [1.54, 1.807) is 11.0 Å². The Balaban J connectivity index is 1.68. The number of hydrogen-bond donors (Lipinski definition) is 1. The number of aromatic nitrogens is 1. The van der Waals surface area contributed by atoms with Crippen molar-refractivity contribution in [3.05, 3.63) is 47.7 Å². The van der Waals surface area contributed by atoms with Crippen molar-refractivity contribution in [2.45, 2.75) is 19.8 Å². The van der Waals surface area contributed by atoms with E-state index in [4.69, 9.17) is 4.74 Å². The fourth-order valence-electron chi connectivity index (χ4n) is 3.45. The first-order chi connectivity index (χ1) is 12.0. The molecule has 0 radical (unpaired) electrons. The number of carbonyl (C=O) groups excluding carboxylic acids is 2. The van der Waals surface area contributed by atoms with Gasteiger partial charge in [0.05, 0.1) is 5.56 Å². The average Bonchev–Trinajstić information content (AvgIpc) is 3.00. The lowest BCUT2D eigenvalue weighted by molar-refractivity contribution is -0.118. The highest BCUT2D eigenvalue weighted by Crippen LogP contribution is 2.41. The quantitative estimate of drug-likeness (QED) is 0.915. The van der Waals surface area contributed by atoms with Gasteiger partial charge in [0.25, 0.3) is 11.8 Å². The Morgan fingerprint density at radius 2 is 2.16 bits per heavy atom. The molecule has 0 aliphatic carbocycles. The number of rotatable bonds is 2. The normalized spacial score (nSPS) is 18.4. The van der Waals surface area contributed by atoms with Crippen molar-refractivity contribution in [2.24, 2.45) is 5.92 Å². The van der Waals surface area contributed by atoms with Crippen LogP contribution in [0, 0.1) is 5.92 Å². The van der Waals surface area contributed by atoms with Crippen LogP contribution in [0.1, 0.15) is 35.7 Å². The van der Waals surface area contributed by atoms with Gasteiger partial charge in [-0.3, -0.25) is 9.59 Å². The number of nitrogens with one attached hydrogen (secondary N) is 1. The van der Waals surface area contributed by atoms with Crippen LogP contribution < -0.4 is 15.0 Å². The number of pyridine rings is 1. The summed E-state index contributed by atoms with van der Waals surface area (Å²) >= 11 is 0. The molecule has 0 fully saturated rings. The molecule has 1 aromatic carbocycles. The number of para-hydroxylation sites is 1. The number of nitrogens with zero attached hydrogens (tertiary/aromatic N) is 2. The minimum atomic E-state index is -0.245. The Hall–Kier alpha value is -2.89. The summed E-state index contributed by atoms with van der Waals surface area (Å²) in [6.07, 6.45) is 1.50. The predicted molar refractivity (Wildman–Crippen MR) is 94.1 cm³/mol. The second-order valence-electron chi connectivity index (χ2n) is 6.74. The van der Waals surface area contributed by atoms with Crippen LogP contribution in [-0.2, 0) is 4.79 Å². The van der Waals surface area contributed by atoms with Crippen LogP contribution in [0.25, 0.3) is 0 Å². The van der Waals surface area contributed by atoms with Crippen LogP contribution in [0.3, 0.4) is 0 Å². The van der Waals surface area contributed by atoms with Gasteiger partial charge in [-0.1, -0.05) is 32.0 Å². The molecule has 6 nitrogen and oxygen atoms in total. The van der Waals surface area contributed by atoms with Gasteiger partial charge >= 0.3 is 0 Å². The van der Waals surface area contributed by atoms with Gasteiger partial charge in [0.2, 0.25) is 5.88 Å². The second kappa shape index (κ2) is 5.88. The number of ether oxygens (including phenoxy) is 1. The highest BCUT2D eigenvalue weighted by atomic mass is 16.5. The molecule has 1 N–H and O–H groups in total. The van der Waals surface area contributed by atoms with Crippen molar-refractivity contribution in [3.63, 3.8) is 0 Å². The van der Waals surface area contributed by atoms with Crippen molar-refractivity contribution in [1.82, 2.24) is 4.98 Å². The van der Waals surface area contributed by atoms with Crippen LogP contribution >= 0.6 is 0 Å². The van der Waals surface area contributed by atoms with E-state index in [0.29, 0.717) is 35.5 Å². The van der Waals surface area contributed by atoms with Gasteiger partial charge in [-0.2, -0.15) is 0 Å². The van der Waals surface area contributed by atoms with Crippen molar-refractivity contribution in [2.75, 3.05) is 23.4 Å². The number of hydrogen-bond acceptors (Lipinski definition) is 4. The molecular weight excluding hydrogens is 318 g/mol. The van der Waals surface area contributed by atoms with E-state index >= 15 is 0 Å². The lowest BCUT2D eigenvalue weighted by Crippen LogP contribution is -2.31. The van der Waals surface area contributed by atoms with Gasteiger partial charge in [-0.15, -0.1) is 0 Å². The Kier molecular flexibility index (Phi) is 3.67. The first kappa shape index (κ1) is 15.6. The lowest BCUT2D eigenvalue weighted by Gasteiger charge is -2.21. The van der Waals surface area contributed by atoms with Crippen molar-refractivity contribution < 1.29 is 14.3 Å². The topological polar surface area (TPSA) is 71.5 Å². The van der Waals surface area contributed by atoms with E-state index in [-0.39, 0.29) is 18.4 Å². The highest BCUT2D eigenvalue weighted by molar-refractivity contribution is 6.08. The fraction of sp³-hybridized carbons (Fsp3) is 0.316. The molecule has 4 rings (SSSR count). The van der Waals surface area contributed by atoms with Gasteiger partial charge in [0.15, 0.2) is 6.61 Å². The third-order valence-corrected chi connectivity index (χ3v) is 4.77. The van der Waals surface area contributed by atoms with Crippen LogP contribution in [-0.4, -0.2) is 29.9 Å². The summed E-state index contributed by atoms with van der Waals surface area (Å²) < 4.78 is 5.25. The lowest BCUT2D eigenvalue weighted by atomic mass is 9.90. The summed E-state index contributed by atoms with van der Waals surface area (Å²) in [5.74, 6) is 0.733. The van der Waals surface area contributed by atoms with Gasteiger partial charge < -0.3 is 15.0 Å². The molecular formula is C19H19N3O3. The SMILES string of the molecule is CC(C)[C@H]1CN(C(=O)c2cnc3c(c2)NC(=O)CO3)c2ccccc21. The maximum Gasteiger partial charge on any atom is 0.262 e. The third kappa shape index (κ3) is 2.63. The summed E-state index contributed by atoms with van der Waals surface area (Å²) in [6, 6.07) is 9.66. The molecule has 2 aliphatic rings.